The first-order valence-corrected chi connectivity index (χ1v) is 13.0. The Hall–Kier alpha value is -3.43. The molecule has 3 heterocycles. The van der Waals surface area contributed by atoms with Crippen LogP contribution in [0, 0.1) is 11.8 Å². The molecule has 2 aliphatic carbocycles. The lowest BCUT2D eigenvalue weighted by atomic mass is 10.1. The van der Waals surface area contributed by atoms with Crippen LogP contribution in [-0.4, -0.2) is 48.7 Å². The van der Waals surface area contributed by atoms with Gasteiger partial charge in [-0.3, -0.25) is 0 Å². The number of aliphatic hydroxyl groups is 2. The Bertz CT molecular complexity index is 1360. The maximum Gasteiger partial charge on any atom is 0.156 e. The molecule has 5 N–H and O–H groups in total. The average molecular weight is 505 g/mol. The summed E-state index contributed by atoms with van der Waals surface area (Å²) in [5, 5.41) is 21.7. The van der Waals surface area contributed by atoms with E-state index in [2.05, 4.69) is 50.3 Å². The van der Waals surface area contributed by atoms with Crippen molar-refractivity contribution < 1.29 is 14.9 Å². The lowest BCUT2D eigenvalue weighted by Crippen LogP contribution is -2.15. The number of pyridine rings is 1. The number of nitrogens with two attached hydrogens (primary N) is 1. The molecule has 0 amide bonds. The quantitative estimate of drug-likeness (QED) is 0.270. The van der Waals surface area contributed by atoms with Crippen molar-refractivity contribution in [3.8, 4) is 5.75 Å². The zero-order valence-electron chi connectivity index (χ0n) is 21.5. The highest BCUT2D eigenvalue weighted by Crippen LogP contribution is 2.37. The second kappa shape index (κ2) is 10.5. The normalized spacial score (nSPS) is 19.6. The van der Waals surface area contributed by atoms with Crippen molar-refractivity contribution in [3.05, 3.63) is 48.9 Å². The molecule has 1 aromatic carbocycles. The Morgan fingerprint density at radius 3 is 2.59 bits per heavy atom. The second-order valence-electron chi connectivity index (χ2n) is 10.7. The molecular weight excluding hydrogens is 468 g/mol. The third kappa shape index (κ3) is 6.67. The summed E-state index contributed by atoms with van der Waals surface area (Å²) in [6, 6.07) is 12.8. The number of anilines is 2. The molecule has 0 spiro atoms. The van der Waals surface area contributed by atoms with Crippen LogP contribution in [0.1, 0.15) is 52.0 Å². The van der Waals surface area contributed by atoms with Crippen LogP contribution in [-0.2, 0) is 0 Å². The highest BCUT2D eigenvalue weighted by Gasteiger charge is 2.27. The van der Waals surface area contributed by atoms with Gasteiger partial charge in [-0.25, -0.2) is 15.0 Å². The minimum absolute atomic E-state index is 0.425. The summed E-state index contributed by atoms with van der Waals surface area (Å²) in [5.41, 5.74) is 7.90. The third-order valence-corrected chi connectivity index (χ3v) is 6.87. The fourth-order valence-electron chi connectivity index (χ4n) is 4.81. The number of hydrogen-bond acceptors (Lipinski definition) is 8. The zero-order chi connectivity index (χ0) is 26.0. The van der Waals surface area contributed by atoms with Crippen molar-refractivity contribution >= 4 is 33.6 Å². The highest BCUT2D eigenvalue weighted by molar-refractivity contribution is 5.86. The van der Waals surface area contributed by atoms with Gasteiger partial charge in [-0.15, -0.1) is 0 Å². The van der Waals surface area contributed by atoms with Gasteiger partial charge < -0.3 is 30.6 Å². The van der Waals surface area contributed by atoms with Gasteiger partial charge in [-0.2, -0.15) is 0 Å². The van der Waals surface area contributed by atoms with Crippen LogP contribution in [0.15, 0.2) is 48.9 Å². The van der Waals surface area contributed by atoms with E-state index in [1.807, 2.05) is 12.1 Å². The lowest BCUT2D eigenvalue weighted by Gasteiger charge is -2.15. The summed E-state index contributed by atoms with van der Waals surface area (Å²) in [5.74, 6) is 2.23. The summed E-state index contributed by atoms with van der Waals surface area (Å²) >= 11 is 0. The summed E-state index contributed by atoms with van der Waals surface area (Å²) in [4.78, 5) is 13.3. The number of nitrogen functional groups attached to an aromatic ring is 1. The molecule has 37 heavy (non-hydrogen) atoms. The number of nitrogens with one attached hydrogen (secondary N) is 1. The minimum atomic E-state index is -1.50. The Labute approximate surface area is 216 Å². The first-order valence-electron chi connectivity index (χ1n) is 13.0. The van der Waals surface area contributed by atoms with Crippen LogP contribution < -0.4 is 15.8 Å². The van der Waals surface area contributed by atoms with Crippen LogP contribution >= 0.6 is 0 Å². The molecule has 0 saturated heterocycles. The minimum Gasteiger partial charge on any atom is -0.493 e. The molecule has 196 valence electrons. The van der Waals surface area contributed by atoms with Crippen LogP contribution in [0.4, 0.5) is 11.6 Å². The molecule has 2 atom stereocenters. The fourth-order valence-corrected chi connectivity index (χ4v) is 4.81. The van der Waals surface area contributed by atoms with Crippen molar-refractivity contribution in [1.29, 1.82) is 0 Å². The first kappa shape index (κ1) is 25.2. The van der Waals surface area contributed by atoms with Gasteiger partial charge in [-0.05, 0) is 88.1 Å². The summed E-state index contributed by atoms with van der Waals surface area (Å²) in [6.07, 6.45) is 9.65. The molecule has 9 heteroatoms. The summed E-state index contributed by atoms with van der Waals surface area (Å²) in [7, 11) is 0. The largest absolute Gasteiger partial charge is 0.493 e. The van der Waals surface area contributed by atoms with Gasteiger partial charge in [0.25, 0.3) is 0 Å². The number of benzene rings is 1. The molecule has 0 aliphatic heterocycles. The van der Waals surface area contributed by atoms with Gasteiger partial charge in [-0.1, -0.05) is 0 Å². The van der Waals surface area contributed by atoms with Crippen LogP contribution in [0.25, 0.3) is 21.9 Å². The third-order valence-electron chi connectivity index (χ3n) is 6.87. The Kier molecular flexibility index (Phi) is 7.17. The smallest absolute Gasteiger partial charge is 0.156 e. The molecular formula is C28H36N6O3. The molecule has 6 rings (SSSR count). The second-order valence-corrected chi connectivity index (χ2v) is 10.7. The zero-order valence-corrected chi connectivity index (χ0v) is 21.5. The lowest BCUT2D eigenvalue weighted by molar-refractivity contribution is -0.127. The van der Waals surface area contributed by atoms with Crippen LogP contribution in [0.5, 0.6) is 5.75 Å². The van der Waals surface area contributed by atoms with Gasteiger partial charge in [0.05, 0.1) is 17.5 Å². The Balaban J connectivity index is 0.000000514. The van der Waals surface area contributed by atoms with Crippen molar-refractivity contribution in [1.82, 2.24) is 19.5 Å². The molecule has 4 aromatic rings. The Morgan fingerprint density at radius 2 is 1.81 bits per heavy atom. The molecule has 9 nitrogen and oxygen atoms in total. The first-order chi connectivity index (χ1) is 17.7. The molecule has 0 bridgehead atoms. The van der Waals surface area contributed by atoms with Crippen molar-refractivity contribution in [2.45, 2.75) is 57.8 Å². The predicted octanol–water partition coefficient (Wildman–Crippen LogP) is 4.51. The topological polar surface area (TPSA) is 131 Å². The van der Waals surface area contributed by atoms with Crippen LogP contribution in [0.3, 0.4) is 0 Å². The molecule has 2 saturated carbocycles. The maximum atomic E-state index is 8.08. The molecule has 0 radical (unpaired) electrons. The van der Waals surface area contributed by atoms with E-state index in [0.717, 1.165) is 71.8 Å². The van der Waals surface area contributed by atoms with E-state index >= 15 is 0 Å². The molecule has 3 aromatic heterocycles. The summed E-state index contributed by atoms with van der Waals surface area (Å²) < 4.78 is 8.46. The van der Waals surface area contributed by atoms with E-state index in [0.29, 0.717) is 17.8 Å². The predicted molar refractivity (Wildman–Crippen MR) is 145 cm³/mol. The van der Waals surface area contributed by atoms with Gasteiger partial charge in [0.15, 0.2) is 5.79 Å². The van der Waals surface area contributed by atoms with E-state index in [-0.39, 0.29) is 0 Å². The fraction of sp³-hybridized carbons (Fsp3) is 0.464. The monoisotopic (exact) mass is 504 g/mol. The van der Waals surface area contributed by atoms with Gasteiger partial charge in [0.2, 0.25) is 0 Å². The number of hydrogen-bond donors (Lipinski definition) is 4. The van der Waals surface area contributed by atoms with E-state index in [4.69, 9.17) is 25.7 Å². The number of aromatic nitrogens is 4. The number of ether oxygens (including phenoxy) is 1. The highest BCUT2D eigenvalue weighted by atomic mass is 16.5. The van der Waals surface area contributed by atoms with Crippen molar-refractivity contribution in [2.24, 2.45) is 11.8 Å². The number of rotatable bonds is 7. The average Bonchev–Trinajstić information content (AvgIpc) is 3.38. The SMILES string of the molecule is CC(C)(O)O.Nc1ncnc2c1ccn2C1CCC(COc2ccc3ccc(NCC4CC4)nc3c2)C1. The maximum absolute atomic E-state index is 8.08. The standard InChI is InChI=1S/C25H28N6O.C3H8O2/c26-24-21-9-10-31(25(21)29-15-28-24)19-6-3-17(11-19)14-32-20-7-4-18-5-8-23(30-22(18)12-20)27-13-16-1-2-16;1-3(2,4)5/h4-5,7-10,12,15-17,19H,1-3,6,11,13-14H2,(H,27,30)(H2,26,28,29);4-5H,1-2H3. The number of fused-ring (bicyclic) bond motifs is 2. The van der Waals surface area contributed by atoms with E-state index < -0.39 is 5.79 Å². The van der Waals surface area contributed by atoms with E-state index in [1.54, 1.807) is 6.33 Å². The van der Waals surface area contributed by atoms with Crippen molar-refractivity contribution in [2.75, 3.05) is 24.2 Å². The van der Waals surface area contributed by atoms with Crippen LogP contribution in [0.2, 0.25) is 0 Å². The van der Waals surface area contributed by atoms with Gasteiger partial charge in [0.1, 0.15) is 29.4 Å². The molecule has 2 aliphatic rings. The summed E-state index contributed by atoms with van der Waals surface area (Å²) in [6.45, 7) is 4.34. The number of nitrogens with zero attached hydrogens (tertiary/aromatic N) is 4. The van der Waals surface area contributed by atoms with E-state index in [9.17, 15) is 0 Å². The molecule has 2 fully saturated rings. The van der Waals surface area contributed by atoms with Gasteiger partial charge >= 0.3 is 0 Å². The Morgan fingerprint density at radius 1 is 1.05 bits per heavy atom. The molecule has 2 unspecified atom stereocenters. The van der Waals surface area contributed by atoms with E-state index in [1.165, 1.54) is 26.7 Å². The van der Waals surface area contributed by atoms with Crippen molar-refractivity contribution in [3.63, 3.8) is 0 Å². The van der Waals surface area contributed by atoms with Gasteiger partial charge in [0, 0.05) is 30.2 Å².